The van der Waals surface area contributed by atoms with Gasteiger partial charge in [-0.25, -0.2) is 4.79 Å². The van der Waals surface area contributed by atoms with E-state index in [0.29, 0.717) is 5.75 Å². The molecule has 0 heterocycles. The van der Waals surface area contributed by atoms with E-state index >= 15 is 0 Å². The van der Waals surface area contributed by atoms with Crippen LogP contribution in [-0.2, 0) is 25.7 Å². The van der Waals surface area contributed by atoms with Crippen molar-refractivity contribution in [2.24, 2.45) is 0 Å². The lowest BCUT2D eigenvalue weighted by molar-refractivity contribution is 0.144. The lowest BCUT2D eigenvalue weighted by Gasteiger charge is -2.23. The molecule has 0 amide bonds. The Morgan fingerprint density at radius 2 is 1.26 bits per heavy atom. The second-order valence-electron chi connectivity index (χ2n) is 9.50. The number of hydrogen-bond donors (Lipinski definition) is 1. The van der Waals surface area contributed by atoms with Gasteiger partial charge in [-0.05, 0) is 90.8 Å². The molecule has 0 aromatic heterocycles. The maximum Gasteiger partial charge on any atom is 0.511 e. The van der Waals surface area contributed by atoms with Gasteiger partial charge in [0, 0.05) is 0 Å². The van der Waals surface area contributed by atoms with Crippen LogP contribution in [0.3, 0.4) is 0 Å². The van der Waals surface area contributed by atoms with Gasteiger partial charge >= 0.3 is 6.16 Å². The summed E-state index contributed by atoms with van der Waals surface area (Å²) >= 11 is 0. The highest BCUT2D eigenvalue weighted by Crippen LogP contribution is 2.39. The average molecular weight is 467 g/mol. The zero-order valence-electron chi connectivity index (χ0n) is 22.0. The van der Waals surface area contributed by atoms with Gasteiger partial charge in [0.05, 0.1) is 0 Å². The molecule has 188 valence electrons. The molecule has 0 aliphatic carbocycles. The van der Waals surface area contributed by atoms with Crippen molar-refractivity contribution >= 4 is 6.16 Å². The van der Waals surface area contributed by atoms with Crippen LogP contribution in [0.2, 0.25) is 0 Å². The average Bonchev–Trinajstić information content (AvgIpc) is 2.83. The Morgan fingerprint density at radius 1 is 0.676 bits per heavy atom. The van der Waals surface area contributed by atoms with Crippen molar-refractivity contribution in [3.05, 3.63) is 52.6 Å². The van der Waals surface area contributed by atoms with E-state index in [-0.39, 0.29) is 0 Å². The molecule has 0 aliphatic rings. The largest absolute Gasteiger partial charge is 0.511 e. The first-order valence-electron chi connectivity index (χ1n) is 13.7. The lowest BCUT2D eigenvalue weighted by Crippen LogP contribution is -2.11. The molecule has 0 fully saturated rings. The first-order chi connectivity index (χ1) is 16.6. The van der Waals surface area contributed by atoms with Crippen LogP contribution in [0.4, 0.5) is 4.79 Å². The molecule has 2 aromatic rings. The smallest absolute Gasteiger partial charge is 0.449 e. The third kappa shape index (κ3) is 8.18. The van der Waals surface area contributed by atoms with Gasteiger partial charge in [-0.1, -0.05) is 90.5 Å². The van der Waals surface area contributed by atoms with E-state index in [0.717, 1.165) is 69.8 Å². The van der Waals surface area contributed by atoms with Crippen molar-refractivity contribution in [1.29, 1.82) is 0 Å². The minimum Gasteiger partial charge on any atom is -0.449 e. The maximum atomic E-state index is 11.7. The normalized spacial score (nSPS) is 11.1. The summed E-state index contributed by atoms with van der Waals surface area (Å²) in [7, 11) is 0. The third-order valence-electron chi connectivity index (χ3n) is 6.77. The Balaban J connectivity index is 2.71. The molecule has 0 unspecified atom stereocenters. The van der Waals surface area contributed by atoms with Gasteiger partial charge in [-0.15, -0.1) is 0 Å². The van der Waals surface area contributed by atoms with Crippen LogP contribution in [0, 0.1) is 0 Å². The van der Waals surface area contributed by atoms with E-state index in [1.807, 2.05) is 6.07 Å². The van der Waals surface area contributed by atoms with Crippen LogP contribution >= 0.6 is 0 Å². The number of benzene rings is 2. The highest BCUT2D eigenvalue weighted by molar-refractivity contribution is 5.76. The zero-order chi connectivity index (χ0) is 24.8. The van der Waals surface area contributed by atoms with Crippen LogP contribution in [-0.4, -0.2) is 11.3 Å². The minimum atomic E-state index is -1.22. The minimum absolute atomic E-state index is 0.545. The number of rotatable bonds is 16. The number of unbranched alkanes of at least 4 members (excludes halogenated alkanes) is 6. The van der Waals surface area contributed by atoms with Crippen LogP contribution in [0.25, 0.3) is 11.1 Å². The third-order valence-corrected chi connectivity index (χ3v) is 6.77. The number of carboxylic acid groups (broad SMARTS) is 1. The standard InChI is InChI=1S/C31H46O3/c1-5-9-13-14-17-24-18-15-16-22-25(24)29-23-30(34-31(32)33)28(21-12-8-4)26(19-10-6-2)27(29)20-11-7-3/h15-16,18,22-23H,5-14,17,19-21H2,1-4H3,(H,32,33). The highest BCUT2D eigenvalue weighted by atomic mass is 16.7. The van der Waals surface area contributed by atoms with E-state index in [9.17, 15) is 9.90 Å². The SMILES string of the molecule is CCCCCCc1ccccc1-c1cc(OC(=O)O)c(CCCC)c(CCCC)c1CCCC. The summed E-state index contributed by atoms with van der Waals surface area (Å²) in [5.41, 5.74) is 7.68. The Morgan fingerprint density at radius 3 is 1.88 bits per heavy atom. The highest BCUT2D eigenvalue weighted by Gasteiger charge is 2.22. The molecule has 3 nitrogen and oxygen atoms in total. The van der Waals surface area contributed by atoms with E-state index < -0.39 is 6.16 Å². The Labute approximate surface area is 207 Å². The van der Waals surface area contributed by atoms with Gasteiger partial charge in [0.25, 0.3) is 0 Å². The number of hydrogen-bond acceptors (Lipinski definition) is 2. The predicted molar refractivity (Wildman–Crippen MR) is 144 cm³/mol. The Hall–Kier alpha value is -2.29. The molecule has 1 N–H and O–H groups in total. The molecular weight excluding hydrogens is 420 g/mol. The van der Waals surface area contributed by atoms with Gasteiger partial charge < -0.3 is 9.84 Å². The van der Waals surface area contributed by atoms with E-state index in [4.69, 9.17) is 4.74 Å². The van der Waals surface area contributed by atoms with Crippen molar-refractivity contribution in [2.45, 2.75) is 118 Å². The fourth-order valence-electron chi connectivity index (χ4n) is 4.89. The second kappa shape index (κ2) is 15.6. The Bertz CT molecular complexity index is 884. The zero-order valence-corrected chi connectivity index (χ0v) is 22.0. The second-order valence-corrected chi connectivity index (χ2v) is 9.50. The van der Waals surface area contributed by atoms with E-state index in [1.54, 1.807) is 0 Å². The van der Waals surface area contributed by atoms with Crippen molar-refractivity contribution < 1.29 is 14.6 Å². The van der Waals surface area contributed by atoms with Gasteiger partial charge in [-0.3, -0.25) is 0 Å². The topological polar surface area (TPSA) is 46.5 Å². The number of aryl methyl sites for hydroxylation is 1. The molecule has 34 heavy (non-hydrogen) atoms. The van der Waals surface area contributed by atoms with Gasteiger partial charge in [-0.2, -0.15) is 0 Å². The van der Waals surface area contributed by atoms with Crippen LogP contribution in [0.1, 0.15) is 114 Å². The predicted octanol–water partition coefficient (Wildman–Crippen LogP) is 9.56. The quantitative estimate of drug-likeness (QED) is 0.152. The first-order valence-corrected chi connectivity index (χ1v) is 13.7. The lowest BCUT2D eigenvalue weighted by atomic mass is 9.83. The summed E-state index contributed by atoms with van der Waals surface area (Å²) in [6.07, 6.45) is 14.3. The van der Waals surface area contributed by atoms with Crippen molar-refractivity contribution in [3.8, 4) is 16.9 Å². The summed E-state index contributed by atoms with van der Waals surface area (Å²) in [6, 6.07) is 10.8. The molecule has 0 atom stereocenters. The monoisotopic (exact) mass is 466 g/mol. The molecule has 0 bridgehead atoms. The van der Waals surface area contributed by atoms with Crippen molar-refractivity contribution in [1.82, 2.24) is 0 Å². The summed E-state index contributed by atoms with van der Waals surface area (Å²) in [5.74, 6) is 0.545. The number of ether oxygens (including phenoxy) is 1. The molecule has 0 spiro atoms. The van der Waals surface area contributed by atoms with E-state index in [2.05, 4.69) is 52.0 Å². The molecule has 0 aliphatic heterocycles. The van der Waals surface area contributed by atoms with Crippen LogP contribution in [0.5, 0.6) is 5.75 Å². The molecular formula is C31H46O3. The summed E-state index contributed by atoms with van der Waals surface area (Å²) in [6.45, 7) is 8.90. The summed E-state index contributed by atoms with van der Waals surface area (Å²) in [4.78, 5) is 11.7. The van der Waals surface area contributed by atoms with Crippen molar-refractivity contribution in [3.63, 3.8) is 0 Å². The molecule has 2 aromatic carbocycles. The summed E-state index contributed by atoms with van der Waals surface area (Å²) < 4.78 is 5.45. The molecule has 0 radical (unpaired) electrons. The Kier molecular flexibility index (Phi) is 12.8. The molecule has 0 saturated carbocycles. The maximum absolute atomic E-state index is 11.7. The van der Waals surface area contributed by atoms with Crippen LogP contribution < -0.4 is 4.74 Å². The molecule has 2 rings (SSSR count). The van der Waals surface area contributed by atoms with Gasteiger partial charge in [0.1, 0.15) is 5.75 Å². The van der Waals surface area contributed by atoms with E-state index in [1.165, 1.54) is 53.5 Å². The molecule has 3 heteroatoms. The van der Waals surface area contributed by atoms with Gasteiger partial charge in [0.2, 0.25) is 0 Å². The fraction of sp³-hybridized carbons (Fsp3) is 0.581. The summed E-state index contributed by atoms with van der Waals surface area (Å²) in [5, 5.41) is 9.55. The molecule has 0 saturated heterocycles. The first kappa shape index (κ1) is 28.0. The van der Waals surface area contributed by atoms with Gasteiger partial charge in [0.15, 0.2) is 0 Å². The number of carbonyl (C=O) groups is 1. The van der Waals surface area contributed by atoms with Crippen LogP contribution in [0.15, 0.2) is 30.3 Å². The van der Waals surface area contributed by atoms with Crippen molar-refractivity contribution in [2.75, 3.05) is 0 Å². The fourth-order valence-corrected chi connectivity index (χ4v) is 4.89.